The van der Waals surface area contributed by atoms with Crippen molar-refractivity contribution in [2.45, 2.75) is 64.6 Å². The Morgan fingerprint density at radius 3 is 1.94 bits per heavy atom. The molecule has 1 fully saturated rings. The first kappa shape index (κ1) is 14.2. The molecule has 0 aromatic heterocycles. The van der Waals surface area contributed by atoms with Gasteiger partial charge in [-0.2, -0.15) is 0 Å². The summed E-state index contributed by atoms with van der Waals surface area (Å²) in [5.74, 6) is 0. The summed E-state index contributed by atoms with van der Waals surface area (Å²) in [6.07, 6.45) is 3.84. The van der Waals surface area contributed by atoms with Crippen molar-refractivity contribution in [2.24, 2.45) is 0 Å². The average molecular weight is 245 g/mol. The summed E-state index contributed by atoms with van der Waals surface area (Å²) >= 11 is 0. The minimum atomic E-state index is -0.414. The molecule has 1 saturated heterocycles. The Balaban J connectivity index is 2.81. The van der Waals surface area contributed by atoms with Crippen molar-refractivity contribution in [3.63, 3.8) is 0 Å². The van der Waals surface area contributed by atoms with Crippen LogP contribution in [0.3, 0.4) is 0 Å². The van der Waals surface area contributed by atoms with Gasteiger partial charge in [-0.25, -0.2) is 0 Å². The summed E-state index contributed by atoms with van der Waals surface area (Å²) in [6, 6.07) is 1.14. The van der Waals surface area contributed by atoms with Gasteiger partial charge in [-0.15, -0.1) is 0 Å². The van der Waals surface area contributed by atoms with E-state index in [1.165, 1.54) is 19.3 Å². The van der Waals surface area contributed by atoms with E-state index >= 15 is 0 Å². The first-order valence-corrected chi connectivity index (χ1v) is 7.61. The van der Waals surface area contributed by atoms with E-state index in [2.05, 4.69) is 18.7 Å². The van der Waals surface area contributed by atoms with Gasteiger partial charge in [0.1, 0.15) is 0 Å². The molecule has 0 radical (unpaired) electrons. The van der Waals surface area contributed by atoms with Crippen molar-refractivity contribution in [1.82, 2.24) is 4.90 Å². The molecule has 0 bridgehead atoms. The van der Waals surface area contributed by atoms with Crippen molar-refractivity contribution < 1.29 is 9.47 Å². The number of hydrogen-bond acceptors (Lipinski definition) is 3. The van der Waals surface area contributed by atoms with Gasteiger partial charge in [-0.05, 0) is 40.5 Å². The maximum absolute atomic E-state index is 5.92. The Morgan fingerprint density at radius 1 is 1.12 bits per heavy atom. The molecule has 1 aliphatic rings. The maximum atomic E-state index is 5.92. The fourth-order valence-corrected chi connectivity index (χ4v) is 4.41. The normalized spacial score (nSPS) is 28.5. The van der Waals surface area contributed by atoms with E-state index in [-0.39, 0.29) is 0 Å². The number of nitrogens with zero attached hydrogens (tertiary/aromatic N) is 1. The molecule has 0 spiro atoms. The van der Waals surface area contributed by atoms with Crippen LogP contribution in [0.1, 0.15) is 47.0 Å². The molecule has 3 nitrogen and oxygen atoms in total. The molecule has 0 amide bonds. The van der Waals surface area contributed by atoms with Crippen LogP contribution in [0.2, 0.25) is 0 Å². The van der Waals surface area contributed by atoms with Gasteiger partial charge in [0, 0.05) is 25.3 Å². The lowest BCUT2D eigenvalue weighted by molar-refractivity contribution is -0.280. The van der Waals surface area contributed by atoms with Crippen molar-refractivity contribution in [1.29, 1.82) is 0 Å². The van der Waals surface area contributed by atoms with Crippen LogP contribution in [0, 0.1) is 0 Å². The predicted molar refractivity (Wildman–Crippen MR) is 70.5 cm³/mol. The van der Waals surface area contributed by atoms with Crippen molar-refractivity contribution >= 4 is 10.2 Å². The lowest BCUT2D eigenvalue weighted by Crippen LogP contribution is -2.61. The lowest BCUT2D eigenvalue weighted by atomic mass is 9.98. The summed E-state index contributed by atoms with van der Waals surface area (Å²) in [5, 5.41) is 0. The summed E-state index contributed by atoms with van der Waals surface area (Å²) in [7, 11) is 0.887. The van der Waals surface area contributed by atoms with Gasteiger partial charge in [0.2, 0.25) is 0 Å². The van der Waals surface area contributed by atoms with Crippen LogP contribution in [-0.2, 0) is 9.47 Å². The number of rotatable bonds is 5. The second kappa shape index (κ2) is 6.14. The number of piperidine rings is 1. The molecule has 0 saturated carbocycles. The molecule has 1 aliphatic heterocycles. The molecule has 0 N–H and O–H groups in total. The van der Waals surface area contributed by atoms with Crippen LogP contribution in [0.15, 0.2) is 0 Å². The van der Waals surface area contributed by atoms with E-state index in [9.17, 15) is 0 Å². The van der Waals surface area contributed by atoms with Gasteiger partial charge in [-0.3, -0.25) is 4.90 Å². The third-order valence-electron chi connectivity index (χ3n) is 3.49. The van der Waals surface area contributed by atoms with Gasteiger partial charge < -0.3 is 9.47 Å². The van der Waals surface area contributed by atoms with Crippen molar-refractivity contribution in [2.75, 3.05) is 13.2 Å². The highest BCUT2D eigenvalue weighted by atomic mass is 28.1. The fraction of sp³-hybridized carbons (Fsp3) is 1.00. The Labute approximate surface area is 103 Å². The van der Waals surface area contributed by atoms with E-state index in [0.29, 0.717) is 12.1 Å². The second-order valence-electron chi connectivity index (χ2n) is 4.80. The first-order valence-electron chi connectivity index (χ1n) is 6.61. The van der Waals surface area contributed by atoms with Gasteiger partial charge in [-0.1, -0.05) is 6.42 Å². The van der Waals surface area contributed by atoms with Gasteiger partial charge >= 0.3 is 0 Å². The quantitative estimate of drug-likeness (QED) is 0.538. The number of hydrogen-bond donors (Lipinski definition) is 0. The molecular formula is C12H27NO2Si. The van der Waals surface area contributed by atoms with Gasteiger partial charge in [0.25, 0.3) is 0 Å². The summed E-state index contributed by atoms with van der Waals surface area (Å²) in [5.41, 5.74) is -0.414. The van der Waals surface area contributed by atoms with E-state index in [4.69, 9.17) is 9.47 Å². The molecule has 4 heteroatoms. The molecule has 96 valence electrons. The standard InChI is InChI=1S/C12H27NO2Si/c1-5-14-12(16,15-6-2)13-10(3)8-7-9-11(13)4/h10-11H,5-9H2,1-4,16H3/t10-,11+. The molecule has 0 aromatic carbocycles. The molecule has 2 atom stereocenters. The van der Waals surface area contributed by atoms with Crippen LogP contribution in [-0.4, -0.2) is 46.0 Å². The second-order valence-corrected chi connectivity index (χ2v) is 6.06. The highest BCUT2D eigenvalue weighted by Crippen LogP contribution is 2.30. The van der Waals surface area contributed by atoms with E-state index < -0.39 is 5.53 Å². The Kier molecular flexibility index (Phi) is 5.44. The third kappa shape index (κ3) is 3.06. The van der Waals surface area contributed by atoms with Gasteiger partial charge in [0.15, 0.2) is 5.53 Å². The van der Waals surface area contributed by atoms with Crippen LogP contribution in [0.25, 0.3) is 0 Å². The Morgan fingerprint density at radius 2 is 1.56 bits per heavy atom. The van der Waals surface area contributed by atoms with Gasteiger partial charge in [0.05, 0.1) is 10.2 Å². The molecule has 0 aliphatic carbocycles. The highest BCUT2D eigenvalue weighted by molar-refractivity contribution is 6.13. The molecule has 16 heavy (non-hydrogen) atoms. The number of ether oxygens (including phenoxy) is 2. The largest absolute Gasteiger partial charge is 0.342 e. The van der Waals surface area contributed by atoms with Crippen LogP contribution >= 0.6 is 0 Å². The smallest absolute Gasteiger partial charge is 0.197 e. The Hall–Kier alpha value is 0.0969. The van der Waals surface area contributed by atoms with E-state index in [1.807, 2.05) is 13.8 Å². The molecular weight excluding hydrogens is 218 g/mol. The van der Waals surface area contributed by atoms with E-state index in [0.717, 1.165) is 23.5 Å². The van der Waals surface area contributed by atoms with E-state index in [1.54, 1.807) is 0 Å². The van der Waals surface area contributed by atoms with Crippen LogP contribution in [0.4, 0.5) is 0 Å². The molecule has 1 heterocycles. The minimum absolute atomic E-state index is 0.414. The van der Waals surface area contributed by atoms with Crippen LogP contribution in [0.5, 0.6) is 0 Å². The maximum Gasteiger partial charge on any atom is 0.197 e. The third-order valence-corrected chi connectivity index (χ3v) is 4.58. The molecule has 0 unspecified atom stereocenters. The fourth-order valence-electron chi connectivity index (χ4n) is 2.95. The molecule has 1 rings (SSSR count). The minimum Gasteiger partial charge on any atom is -0.342 e. The molecule has 0 aromatic rings. The zero-order valence-corrected chi connectivity index (χ0v) is 13.5. The monoisotopic (exact) mass is 245 g/mol. The highest BCUT2D eigenvalue weighted by Gasteiger charge is 2.40. The SMILES string of the molecule is CCOC([SiH3])(OCC)N1[C@H](C)CCC[C@@H]1C. The number of likely N-dealkylation sites (tertiary alicyclic amines) is 1. The van der Waals surface area contributed by atoms with Crippen LogP contribution < -0.4 is 0 Å². The zero-order valence-electron chi connectivity index (χ0n) is 11.5. The predicted octanol–water partition coefficient (Wildman–Crippen LogP) is 1.30. The lowest BCUT2D eigenvalue weighted by Gasteiger charge is -2.49. The first-order chi connectivity index (χ1) is 7.55. The van der Waals surface area contributed by atoms with Crippen molar-refractivity contribution in [3.8, 4) is 0 Å². The van der Waals surface area contributed by atoms with Crippen molar-refractivity contribution in [3.05, 3.63) is 0 Å². The summed E-state index contributed by atoms with van der Waals surface area (Å²) < 4.78 is 11.8. The Bertz CT molecular complexity index is 197. The zero-order chi connectivity index (χ0) is 12.2. The summed E-state index contributed by atoms with van der Waals surface area (Å²) in [4.78, 5) is 2.45. The average Bonchev–Trinajstić information content (AvgIpc) is 2.17. The summed E-state index contributed by atoms with van der Waals surface area (Å²) in [6.45, 7) is 10.1. The topological polar surface area (TPSA) is 21.7 Å².